The third-order valence-electron chi connectivity index (χ3n) is 8.71. The van der Waals surface area contributed by atoms with E-state index in [-0.39, 0.29) is 27.5 Å². The van der Waals surface area contributed by atoms with Gasteiger partial charge >= 0.3 is 6.55 Å². The van der Waals surface area contributed by atoms with Crippen molar-refractivity contribution in [3.63, 3.8) is 0 Å². The largest absolute Gasteiger partial charge is 0.491 e. The summed E-state index contributed by atoms with van der Waals surface area (Å²) in [5.74, 6) is -2.13. The molecule has 3 aromatic heterocycles. The Hall–Kier alpha value is -5.54. The summed E-state index contributed by atoms with van der Waals surface area (Å²) >= 11 is 0. The van der Waals surface area contributed by atoms with Gasteiger partial charge in [-0.2, -0.15) is 17.6 Å². The first-order valence-electron chi connectivity index (χ1n) is 15.5. The van der Waals surface area contributed by atoms with E-state index < -0.39 is 53.0 Å². The molecule has 0 spiro atoms. The molecule has 266 valence electrons. The quantitative estimate of drug-likeness (QED) is 0.143. The lowest BCUT2D eigenvalue weighted by atomic mass is 9.79. The Balaban J connectivity index is 0.000000226. The molecule has 0 saturated carbocycles. The first kappa shape index (κ1) is 36.7. The zero-order valence-corrected chi connectivity index (χ0v) is 27.5. The highest BCUT2D eigenvalue weighted by molar-refractivity contribution is 6.01. The second kappa shape index (κ2) is 14.7. The molecule has 5 N–H and O–H groups in total. The van der Waals surface area contributed by atoms with Gasteiger partial charge in [0.2, 0.25) is 11.9 Å². The number of nitrogens with two attached hydrogens (primary N) is 2. The van der Waals surface area contributed by atoms with E-state index in [0.717, 1.165) is 6.20 Å². The molecule has 15 heteroatoms. The number of aliphatic imine (C=N–C) groups is 1. The van der Waals surface area contributed by atoms with Crippen LogP contribution in [-0.4, -0.2) is 39.6 Å². The minimum absolute atomic E-state index is 0.188. The first-order chi connectivity index (χ1) is 24.2. The minimum atomic E-state index is -3.08. The van der Waals surface area contributed by atoms with Crippen molar-refractivity contribution in [1.82, 2.24) is 19.9 Å². The van der Waals surface area contributed by atoms with E-state index in [1.54, 1.807) is 38.1 Å². The zero-order chi connectivity index (χ0) is 37.1. The van der Waals surface area contributed by atoms with Crippen LogP contribution in [0.15, 0.2) is 107 Å². The van der Waals surface area contributed by atoms with E-state index >= 15 is 0 Å². The van der Waals surface area contributed by atoms with Crippen LogP contribution in [-0.2, 0) is 11.1 Å². The zero-order valence-electron chi connectivity index (χ0n) is 27.5. The number of benzene rings is 2. The summed E-state index contributed by atoms with van der Waals surface area (Å²) in [5.41, 5.74) is 11.8. The van der Waals surface area contributed by atoms with Crippen LogP contribution in [0.1, 0.15) is 48.2 Å². The van der Waals surface area contributed by atoms with Gasteiger partial charge < -0.3 is 21.5 Å². The van der Waals surface area contributed by atoms with Gasteiger partial charge in [-0.3, -0.25) is 14.4 Å². The van der Waals surface area contributed by atoms with Gasteiger partial charge in [0.05, 0.1) is 18.7 Å². The van der Waals surface area contributed by atoms with Crippen molar-refractivity contribution in [3.05, 3.63) is 159 Å². The standard InChI is InChI=1S/C22H18F4N4O2.C14H15F2N3/c1-12-22(14-3-6-16(23)7-4-14,15-5-8-18(24)27-10-15)29-19(28-12)13-9-17(32-2)20(31)30(11-13)21(25)26;1-9(17)14(18,10-2-5-12(15)6-3-10)11-4-7-13(16)19-8-11/h3-12,21H,1-2H3,(H,28,29);2-9H,17-18H2,1H3/t12-,22-;9-,14-/m00/s1. The predicted molar refractivity (Wildman–Crippen MR) is 178 cm³/mol. The topological polar surface area (TPSA) is 133 Å². The molecule has 0 fully saturated rings. The summed E-state index contributed by atoms with van der Waals surface area (Å²) in [7, 11) is 1.20. The van der Waals surface area contributed by atoms with E-state index in [0.29, 0.717) is 22.3 Å². The lowest BCUT2D eigenvalue weighted by Gasteiger charge is -2.34. The van der Waals surface area contributed by atoms with Crippen molar-refractivity contribution >= 4 is 5.84 Å². The fourth-order valence-electron chi connectivity index (χ4n) is 5.91. The Bertz CT molecular complexity index is 1960. The molecule has 2 aromatic carbocycles. The third-order valence-corrected chi connectivity index (χ3v) is 8.71. The van der Waals surface area contributed by atoms with Crippen LogP contribution in [0.5, 0.6) is 5.75 Å². The second-order valence-electron chi connectivity index (χ2n) is 11.8. The van der Waals surface area contributed by atoms with Gasteiger partial charge in [0.15, 0.2) is 5.75 Å². The van der Waals surface area contributed by atoms with E-state index in [9.17, 15) is 31.1 Å². The lowest BCUT2D eigenvalue weighted by molar-refractivity contribution is 0.0653. The molecule has 0 amide bonds. The lowest BCUT2D eigenvalue weighted by Crippen LogP contribution is -2.51. The summed E-state index contributed by atoms with van der Waals surface area (Å²) in [6.07, 6.45) is 3.67. The average molecular weight is 710 g/mol. The number of hydrogen-bond donors (Lipinski definition) is 3. The Morgan fingerprint density at radius 1 is 0.863 bits per heavy atom. The SMILES string of the molecule is COc1cc(C2=N[C@@H](C)[C@](c3ccc(F)cc3)(c3ccc(F)nc3)N2)cn(C(F)F)c1=O.C[C@H](N)[C@](N)(c1ccc(F)cc1)c1ccc(F)nc1. The molecule has 5 aromatic rings. The highest BCUT2D eigenvalue weighted by Gasteiger charge is 2.46. The molecule has 0 unspecified atom stereocenters. The molecule has 4 atom stereocenters. The van der Waals surface area contributed by atoms with E-state index in [1.807, 2.05) is 0 Å². The van der Waals surface area contributed by atoms with Crippen molar-refractivity contribution in [3.8, 4) is 5.75 Å². The number of methoxy groups -OCH3 is 1. The predicted octanol–water partition coefficient (Wildman–Crippen LogP) is 5.52. The van der Waals surface area contributed by atoms with E-state index in [1.165, 1.54) is 74.1 Å². The number of aromatic nitrogens is 3. The van der Waals surface area contributed by atoms with Crippen molar-refractivity contribution in [2.24, 2.45) is 16.5 Å². The van der Waals surface area contributed by atoms with Gasteiger partial charge in [-0.25, -0.2) is 18.7 Å². The fourth-order valence-corrected chi connectivity index (χ4v) is 5.91. The fraction of sp³-hybridized carbons (Fsp3) is 0.222. The number of rotatable bonds is 8. The van der Waals surface area contributed by atoms with Crippen LogP contribution in [0.25, 0.3) is 0 Å². The number of hydrogen-bond acceptors (Lipinski definition) is 8. The van der Waals surface area contributed by atoms with Gasteiger partial charge in [-0.15, -0.1) is 0 Å². The number of pyridine rings is 3. The van der Waals surface area contributed by atoms with Gasteiger partial charge in [0.1, 0.15) is 23.0 Å². The monoisotopic (exact) mass is 709 g/mol. The molecular formula is C36H33F6N7O2. The third kappa shape index (κ3) is 7.21. The second-order valence-corrected chi connectivity index (χ2v) is 11.8. The Morgan fingerprint density at radius 3 is 1.92 bits per heavy atom. The Morgan fingerprint density at radius 2 is 1.41 bits per heavy atom. The first-order valence-corrected chi connectivity index (χ1v) is 15.5. The molecule has 0 aliphatic carbocycles. The maximum atomic E-state index is 13.6. The molecule has 6 rings (SSSR count). The molecule has 0 bridgehead atoms. The van der Waals surface area contributed by atoms with Gasteiger partial charge in [-0.05, 0) is 73.0 Å². The van der Waals surface area contributed by atoms with Crippen LogP contribution in [0.4, 0.5) is 26.3 Å². The Labute approximate surface area is 288 Å². The summed E-state index contributed by atoms with van der Waals surface area (Å²) in [6, 6.07) is 17.2. The number of ether oxygens (including phenoxy) is 1. The van der Waals surface area contributed by atoms with Crippen LogP contribution >= 0.6 is 0 Å². The van der Waals surface area contributed by atoms with Crippen molar-refractivity contribution < 1.29 is 31.1 Å². The summed E-state index contributed by atoms with van der Waals surface area (Å²) in [4.78, 5) is 24.0. The molecule has 0 radical (unpaired) electrons. The summed E-state index contributed by atoms with van der Waals surface area (Å²) in [6.45, 7) is 0.429. The highest BCUT2D eigenvalue weighted by atomic mass is 19.3. The van der Waals surface area contributed by atoms with Crippen LogP contribution < -0.4 is 27.1 Å². The maximum absolute atomic E-state index is 13.6. The summed E-state index contributed by atoms with van der Waals surface area (Å²) in [5, 5.41) is 3.23. The normalized spacial score (nSPS) is 18.6. The average Bonchev–Trinajstić information content (AvgIpc) is 3.46. The number of nitrogens with zero attached hydrogens (tertiary/aromatic N) is 4. The van der Waals surface area contributed by atoms with E-state index in [4.69, 9.17) is 16.2 Å². The van der Waals surface area contributed by atoms with Gasteiger partial charge in [-0.1, -0.05) is 36.4 Å². The molecule has 4 heterocycles. The van der Waals surface area contributed by atoms with Gasteiger partial charge in [0.25, 0.3) is 5.56 Å². The smallest absolute Gasteiger partial charge is 0.321 e. The number of nitrogens with one attached hydrogen (secondary N) is 1. The van der Waals surface area contributed by atoms with Crippen molar-refractivity contribution in [2.75, 3.05) is 7.11 Å². The number of amidine groups is 1. The van der Waals surface area contributed by atoms with Crippen LogP contribution in [0, 0.1) is 23.5 Å². The van der Waals surface area contributed by atoms with Gasteiger partial charge in [0, 0.05) is 35.8 Å². The maximum Gasteiger partial charge on any atom is 0.321 e. The molecule has 51 heavy (non-hydrogen) atoms. The molecule has 0 saturated heterocycles. The minimum Gasteiger partial charge on any atom is -0.491 e. The molecule has 1 aliphatic heterocycles. The summed E-state index contributed by atoms with van der Waals surface area (Å²) < 4.78 is 85.1. The van der Waals surface area contributed by atoms with Crippen molar-refractivity contribution in [2.45, 2.75) is 43.6 Å². The molecule has 9 nitrogen and oxygen atoms in total. The van der Waals surface area contributed by atoms with Crippen LogP contribution in [0.3, 0.4) is 0 Å². The van der Waals surface area contributed by atoms with Crippen molar-refractivity contribution in [1.29, 1.82) is 0 Å². The van der Waals surface area contributed by atoms with E-state index in [2.05, 4.69) is 20.3 Å². The number of halogens is 6. The molecular weight excluding hydrogens is 676 g/mol. The highest BCUT2D eigenvalue weighted by Crippen LogP contribution is 2.39. The van der Waals surface area contributed by atoms with Crippen LogP contribution in [0.2, 0.25) is 0 Å². The molecule has 1 aliphatic rings. The number of alkyl halides is 2. The Kier molecular flexibility index (Phi) is 10.6.